The van der Waals surface area contributed by atoms with Gasteiger partial charge in [0.25, 0.3) is 0 Å². The van der Waals surface area contributed by atoms with Gasteiger partial charge in [0.05, 0.1) is 0 Å². The highest BCUT2D eigenvalue weighted by atomic mass is 16.2. The zero-order chi connectivity index (χ0) is 12.0. The maximum Gasteiger partial charge on any atom is 0.222 e. The van der Waals surface area contributed by atoms with Gasteiger partial charge in [-0.05, 0) is 24.8 Å². The van der Waals surface area contributed by atoms with E-state index in [1.165, 1.54) is 32.1 Å². The molecule has 2 N–H and O–H groups in total. The first kappa shape index (κ1) is 13.5. The molecule has 1 rings (SSSR count). The van der Waals surface area contributed by atoms with Crippen molar-refractivity contribution in [2.45, 2.75) is 45.4 Å². The largest absolute Gasteiger partial charge is 0.346 e. The van der Waals surface area contributed by atoms with Crippen molar-refractivity contribution in [2.24, 2.45) is 17.6 Å². The van der Waals surface area contributed by atoms with E-state index in [-0.39, 0.29) is 5.91 Å². The zero-order valence-electron chi connectivity index (χ0n) is 10.7. The Balaban J connectivity index is 2.17. The van der Waals surface area contributed by atoms with E-state index in [0.29, 0.717) is 18.9 Å². The first-order valence-electron chi connectivity index (χ1n) is 6.57. The van der Waals surface area contributed by atoms with Gasteiger partial charge in [0.1, 0.15) is 0 Å². The summed E-state index contributed by atoms with van der Waals surface area (Å²) in [6.07, 6.45) is 7.26. The minimum atomic E-state index is 0.246. The van der Waals surface area contributed by atoms with Crippen LogP contribution in [0.2, 0.25) is 0 Å². The lowest BCUT2D eigenvalue weighted by molar-refractivity contribution is -0.130. The van der Waals surface area contributed by atoms with Gasteiger partial charge in [-0.15, -0.1) is 0 Å². The Morgan fingerprint density at radius 2 is 2.06 bits per heavy atom. The van der Waals surface area contributed by atoms with Crippen molar-refractivity contribution >= 4 is 5.91 Å². The lowest BCUT2D eigenvalue weighted by Gasteiger charge is -2.20. The van der Waals surface area contributed by atoms with Crippen LogP contribution in [0.5, 0.6) is 0 Å². The molecule has 3 nitrogen and oxygen atoms in total. The van der Waals surface area contributed by atoms with Crippen LogP contribution in [0.15, 0.2) is 0 Å². The summed E-state index contributed by atoms with van der Waals surface area (Å²) in [5.41, 5.74) is 5.52. The number of carbonyl (C=O) groups is 1. The predicted molar refractivity (Wildman–Crippen MR) is 67.0 cm³/mol. The highest BCUT2D eigenvalue weighted by Gasteiger charge is 2.17. The minimum Gasteiger partial charge on any atom is -0.346 e. The average Bonchev–Trinajstić information content (AvgIpc) is 2.78. The Morgan fingerprint density at radius 1 is 1.44 bits per heavy atom. The Bertz CT molecular complexity index is 212. The predicted octanol–water partition coefficient (Wildman–Crippen LogP) is 2.01. The van der Waals surface area contributed by atoms with Gasteiger partial charge in [-0.2, -0.15) is 0 Å². The molecular weight excluding hydrogens is 200 g/mol. The average molecular weight is 226 g/mol. The van der Waals surface area contributed by atoms with Crippen LogP contribution in [0.4, 0.5) is 0 Å². The maximum absolute atomic E-state index is 11.8. The van der Waals surface area contributed by atoms with Gasteiger partial charge in [0.15, 0.2) is 0 Å². The van der Waals surface area contributed by atoms with E-state index in [0.717, 1.165) is 12.5 Å². The number of amides is 1. The summed E-state index contributed by atoms with van der Waals surface area (Å²) >= 11 is 0. The van der Waals surface area contributed by atoms with Gasteiger partial charge in [0, 0.05) is 20.0 Å². The summed E-state index contributed by atoms with van der Waals surface area (Å²) < 4.78 is 0. The number of nitrogens with zero attached hydrogens (tertiary/aromatic N) is 1. The van der Waals surface area contributed by atoms with Crippen LogP contribution < -0.4 is 5.73 Å². The van der Waals surface area contributed by atoms with Crippen LogP contribution in [-0.4, -0.2) is 30.9 Å². The van der Waals surface area contributed by atoms with Crippen molar-refractivity contribution in [3.63, 3.8) is 0 Å². The van der Waals surface area contributed by atoms with E-state index < -0.39 is 0 Å². The van der Waals surface area contributed by atoms with E-state index in [4.69, 9.17) is 5.73 Å². The molecule has 0 spiro atoms. The highest BCUT2D eigenvalue weighted by molar-refractivity contribution is 5.76. The van der Waals surface area contributed by atoms with Crippen molar-refractivity contribution in [3.05, 3.63) is 0 Å². The van der Waals surface area contributed by atoms with Gasteiger partial charge in [-0.1, -0.05) is 32.6 Å². The van der Waals surface area contributed by atoms with Crippen LogP contribution in [0.25, 0.3) is 0 Å². The minimum absolute atomic E-state index is 0.246. The lowest BCUT2D eigenvalue weighted by atomic mass is 10.0. The summed E-state index contributed by atoms with van der Waals surface area (Å²) in [4.78, 5) is 13.7. The fraction of sp³-hybridized carbons (Fsp3) is 0.923. The third-order valence-electron chi connectivity index (χ3n) is 3.70. The first-order chi connectivity index (χ1) is 7.63. The lowest BCUT2D eigenvalue weighted by Crippen LogP contribution is -2.31. The molecule has 0 aromatic carbocycles. The monoisotopic (exact) mass is 226 g/mol. The molecule has 1 saturated carbocycles. The first-order valence-corrected chi connectivity index (χ1v) is 6.57. The Labute approximate surface area is 99.4 Å². The van der Waals surface area contributed by atoms with Crippen molar-refractivity contribution in [1.82, 2.24) is 4.90 Å². The second-order valence-corrected chi connectivity index (χ2v) is 5.30. The fourth-order valence-electron chi connectivity index (χ4n) is 2.34. The topological polar surface area (TPSA) is 46.3 Å². The van der Waals surface area contributed by atoms with Crippen LogP contribution in [0.1, 0.15) is 45.4 Å². The molecule has 1 unspecified atom stereocenters. The van der Waals surface area contributed by atoms with Crippen molar-refractivity contribution < 1.29 is 4.79 Å². The van der Waals surface area contributed by atoms with E-state index in [1.54, 1.807) is 0 Å². The van der Waals surface area contributed by atoms with Crippen molar-refractivity contribution in [2.75, 3.05) is 20.1 Å². The molecule has 0 aromatic heterocycles. The van der Waals surface area contributed by atoms with E-state index in [9.17, 15) is 4.79 Å². The molecule has 0 radical (unpaired) electrons. The Hall–Kier alpha value is -0.570. The summed E-state index contributed by atoms with van der Waals surface area (Å²) in [6.45, 7) is 3.55. The quantitative estimate of drug-likeness (QED) is 0.753. The number of nitrogens with two attached hydrogens (primary N) is 1. The molecule has 1 aliphatic carbocycles. The summed E-state index contributed by atoms with van der Waals surface area (Å²) in [6, 6.07) is 0. The molecule has 0 aliphatic heterocycles. The second kappa shape index (κ2) is 6.89. The molecule has 1 aliphatic rings. The van der Waals surface area contributed by atoms with E-state index in [2.05, 4.69) is 0 Å². The number of hydrogen-bond donors (Lipinski definition) is 1. The molecule has 3 heteroatoms. The Kier molecular flexibility index (Phi) is 5.81. The van der Waals surface area contributed by atoms with Gasteiger partial charge < -0.3 is 10.6 Å². The van der Waals surface area contributed by atoms with Gasteiger partial charge in [0.2, 0.25) is 5.91 Å². The third kappa shape index (κ3) is 4.52. The molecule has 16 heavy (non-hydrogen) atoms. The number of rotatable bonds is 6. The molecule has 1 amide bonds. The smallest absolute Gasteiger partial charge is 0.222 e. The molecule has 1 atom stereocenters. The van der Waals surface area contributed by atoms with Crippen LogP contribution in [0, 0.1) is 11.8 Å². The maximum atomic E-state index is 11.8. The molecule has 0 aromatic rings. The van der Waals surface area contributed by atoms with Crippen molar-refractivity contribution in [3.8, 4) is 0 Å². The zero-order valence-corrected chi connectivity index (χ0v) is 10.7. The van der Waals surface area contributed by atoms with Crippen molar-refractivity contribution in [1.29, 1.82) is 0 Å². The second-order valence-electron chi connectivity index (χ2n) is 5.30. The standard InChI is InChI=1S/C13H26N2O/c1-11(10-14)9-13(16)15(2)8-7-12-5-3-4-6-12/h11-12H,3-10,14H2,1-2H3. The van der Waals surface area contributed by atoms with Crippen LogP contribution >= 0.6 is 0 Å². The van der Waals surface area contributed by atoms with Gasteiger partial charge in [-0.25, -0.2) is 0 Å². The van der Waals surface area contributed by atoms with E-state index in [1.807, 2.05) is 18.9 Å². The molecular formula is C13H26N2O. The summed E-state index contributed by atoms with van der Waals surface area (Å²) in [5.74, 6) is 1.42. The third-order valence-corrected chi connectivity index (χ3v) is 3.70. The molecule has 1 fully saturated rings. The summed E-state index contributed by atoms with van der Waals surface area (Å²) in [5, 5.41) is 0. The number of hydrogen-bond acceptors (Lipinski definition) is 2. The fourth-order valence-corrected chi connectivity index (χ4v) is 2.34. The van der Waals surface area contributed by atoms with E-state index >= 15 is 0 Å². The molecule has 0 heterocycles. The molecule has 0 saturated heterocycles. The summed E-state index contributed by atoms with van der Waals surface area (Å²) in [7, 11) is 1.92. The number of carbonyl (C=O) groups excluding carboxylic acids is 1. The van der Waals surface area contributed by atoms with Crippen LogP contribution in [-0.2, 0) is 4.79 Å². The molecule has 94 valence electrons. The normalized spacial score (nSPS) is 18.7. The SMILES string of the molecule is CC(CN)CC(=O)N(C)CCC1CCCC1. The molecule has 0 bridgehead atoms. The van der Waals surface area contributed by atoms with Crippen LogP contribution in [0.3, 0.4) is 0 Å². The van der Waals surface area contributed by atoms with Gasteiger partial charge in [-0.3, -0.25) is 4.79 Å². The Morgan fingerprint density at radius 3 is 2.62 bits per heavy atom. The van der Waals surface area contributed by atoms with Gasteiger partial charge >= 0.3 is 0 Å². The highest BCUT2D eigenvalue weighted by Crippen LogP contribution is 2.27.